The van der Waals surface area contributed by atoms with Crippen molar-refractivity contribution in [2.45, 2.75) is 13.5 Å². The number of halogens is 1. The number of thiazole rings is 1. The molecule has 0 saturated carbocycles. The first-order chi connectivity index (χ1) is 6.78. The molecule has 0 radical (unpaired) electrons. The minimum Gasteiger partial charge on any atom is -0.329 e. The van der Waals surface area contributed by atoms with Gasteiger partial charge in [-0.1, -0.05) is 11.6 Å². The number of hydrogen-bond donors (Lipinski definition) is 1. The van der Waals surface area contributed by atoms with Crippen molar-refractivity contribution >= 4 is 33.8 Å². The van der Waals surface area contributed by atoms with Crippen LogP contribution in [-0.2, 0) is 6.54 Å². The van der Waals surface area contributed by atoms with Gasteiger partial charge in [-0.25, -0.2) is 4.98 Å². The van der Waals surface area contributed by atoms with E-state index >= 15 is 0 Å². The Kier molecular flexibility index (Phi) is 2.69. The predicted octanol–water partition coefficient (Wildman–Crippen LogP) is 2.76. The SMILES string of the molecule is CCn1cc(Nc2nc(Cl)cs2)cn1. The molecule has 6 heteroatoms. The van der Waals surface area contributed by atoms with E-state index in [9.17, 15) is 0 Å². The molecule has 0 atom stereocenters. The van der Waals surface area contributed by atoms with Crippen LogP contribution in [0, 0.1) is 0 Å². The summed E-state index contributed by atoms with van der Waals surface area (Å²) >= 11 is 7.17. The third-order valence-corrected chi connectivity index (χ3v) is 2.77. The summed E-state index contributed by atoms with van der Waals surface area (Å²) in [4.78, 5) is 4.08. The van der Waals surface area contributed by atoms with Crippen LogP contribution in [0.5, 0.6) is 0 Å². The molecule has 0 fully saturated rings. The third kappa shape index (κ3) is 2.05. The average molecular weight is 229 g/mol. The van der Waals surface area contributed by atoms with Crippen LogP contribution in [0.1, 0.15) is 6.92 Å². The summed E-state index contributed by atoms with van der Waals surface area (Å²) in [6.45, 7) is 2.90. The van der Waals surface area contributed by atoms with Crippen LogP contribution in [0.4, 0.5) is 10.8 Å². The molecule has 0 aliphatic heterocycles. The Hall–Kier alpha value is -1.07. The van der Waals surface area contributed by atoms with Crippen molar-refractivity contribution in [2.24, 2.45) is 0 Å². The number of nitrogens with zero attached hydrogens (tertiary/aromatic N) is 3. The van der Waals surface area contributed by atoms with Crippen molar-refractivity contribution in [1.29, 1.82) is 0 Å². The first-order valence-electron chi connectivity index (χ1n) is 4.18. The highest BCUT2D eigenvalue weighted by molar-refractivity contribution is 7.14. The normalized spacial score (nSPS) is 10.4. The van der Waals surface area contributed by atoms with Gasteiger partial charge < -0.3 is 5.32 Å². The van der Waals surface area contributed by atoms with E-state index in [1.807, 2.05) is 17.8 Å². The summed E-state index contributed by atoms with van der Waals surface area (Å²) in [7, 11) is 0. The van der Waals surface area contributed by atoms with Crippen molar-refractivity contribution in [3.8, 4) is 0 Å². The molecule has 0 bridgehead atoms. The van der Waals surface area contributed by atoms with Gasteiger partial charge in [-0.3, -0.25) is 4.68 Å². The van der Waals surface area contributed by atoms with E-state index in [1.165, 1.54) is 11.3 Å². The van der Waals surface area contributed by atoms with E-state index in [-0.39, 0.29) is 0 Å². The molecule has 0 amide bonds. The third-order valence-electron chi connectivity index (χ3n) is 1.68. The molecule has 1 N–H and O–H groups in total. The van der Waals surface area contributed by atoms with Crippen LogP contribution in [0.25, 0.3) is 0 Å². The number of aromatic nitrogens is 3. The lowest BCUT2D eigenvalue weighted by Gasteiger charge is -1.95. The number of rotatable bonds is 3. The van der Waals surface area contributed by atoms with Gasteiger partial charge in [-0.15, -0.1) is 11.3 Å². The van der Waals surface area contributed by atoms with Crippen LogP contribution in [0.3, 0.4) is 0 Å². The predicted molar refractivity (Wildman–Crippen MR) is 58.3 cm³/mol. The second kappa shape index (κ2) is 3.98. The largest absolute Gasteiger partial charge is 0.329 e. The van der Waals surface area contributed by atoms with Gasteiger partial charge in [0.15, 0.2) is 5.13 Å². The molecule has 0 unspecified atom stereocenters. The van der Waals surface area contributed by atoms with Crippen LogP contribution in [0.2, 0.25) is 5.15 Å². The van der Waals surface area contributed by atoms with E-state index in [1.54, 1.807) is 11.6 Å². The van der Waals surface area contributed by atoms with Crippen molar-refractivity contribution in [3.63, 3.8) is 0 Å². The van der Waals surface area contributed by atoms with Crippen LogP contribution < -0.4 is 5.32 Å². The molecule has 2 heterocycles. The van der Waals surface area contributed by atoms with Crippen molar-refractivity contribution in [3.05, 3.63) is 22.9 Å². The average Bonchev–Trinajstić information content (AvgIpc) is 2.76. The quantitative estimate of drug-likeness (QED) is 0.879. The number of anilines is 2. The zero-order valence-corrected chi connectivity index (χ0v) is 9.14. The first kappa shape index (κ1) is 9.48. The molecular weight excluding hydrogens is 220 g/mol. The second-order valence-corrected chi connectivity index (χ2v) is 3.93. The standard InChI is InChI=1S/C8H9ClN4S/c1-2-13-4-6(3-10-13)11-8-12-7(9)5-14-8/h3-5H,2H2,1H3,(H,11,12). The van der Waals surface area contributed by atoms with Crippen molar-refractivity contribution in [2.75, 3.05) is 5.32 Å². The fourth-order valence-corrected chi connectivity index (χ4v) is 1.89. The smallest absolute Gasteiger partial charge is 0.188 e. The van der Waals surface area contributed by atoms with Crippen molar-refractivity contribution in [1.82, 2.24) is 14.8 Å². The monoisotopic (exact) mass is 228 g/mol. The topological polar surface area (TPSA) is 42.7 Å². The lowest BCUT2D eigenvalue weighted by atomic mass is 10.6. The Bertz CT molecular complexity index is 422. The molecule has 4 nitrogen and oxygen atoms in total. The summed E-state index contributed by atoms with van der Waals surface area (Å²) in [6, 6.07) is 0. The second-order valence-electron chi connectivity index (χ2n) is 2.69. The van der Waals surface area contributed by atoms with Gasteiger partial charge in [0.2, 0.25) is 0 Å². The number of nitrogens with one attached hydrogen (secondary N) is 1. The Labute approximate surface area is 90.5 Å². The summed E-state index contributed by atoms with van der Waals surface area (Å²) in [5, 5.41) is 10.3. The maximum atomic E-state index is 5.70. The lowest BCUT2D eigenvalue weighted by Crippen LogP contribution is -1.92. The first-order valence-corrected chi connectivity index (χ1v) is 5.44. The van der Waals surface area contributed by atoms with Crippen LogP contribution in [-0.4, -0.2) is 14.8 Å². The van der Waals surface area contributed by atoms with E-state index in [0.29, 0.717) is 5.15 Å². The van der Waals surface area contributed by atoms with Crippen LogP contribution >= 0.6 is 22.9 Å². The van der Waals surface area contributed by atoms with Gasteiger partial charge in [-0.05, 0) is 6.92 Å². The van der Waals surface area contributed by atoms with Gasteiger partial charge >= 0.3 is 0 Å². The van der Waals surface area contributed by atoms with Crippen LogP contribution in [0.15, 0.2) is 17.8 Å². The Balaban J connectivity index is 2.10. The highest BCUT2D eigenvalue weighted by atomic mass is 35.5. The molecule has 0 spiro atoms. The summed E-state index contributed by atoms with van der Waals surface area (Å²) in [5.74, 6) is 0. The number of hydrogen-bond acceptors (Lipinski definition) is 4. The van der Waals surface area contributed by atoms with Gasteiger partial charge in [0.1, 0.15) is 5.15 Å². The van der Waals surface area contributed by atoms with Crippen molar-refractivity contribution < 1.29 is 0 Å². The van der Waals surface area contributed by atoms with E-state index in [0.717, 1.165) is 17.4 Å². The Morgan fingerprint density at radius 1 is 1.64 bits per heavy atom. The fourth-order valence-electron chi connectivity index (χ4n) is 1.04. The minimum atomic E-state index is 0.514. The Morgan fingerprint density at radius 3 is 3.07 bits per heavy atom. The highest BCUT2D eigenvalue weighted by Crippen LogP contribution is 2.22. The molecular formula is C8H9ClN4S. The van der Waals surface area contributed by atoms with Gasteiger partial charge in [0.05, 0.1) is 11.9 Å². The van der Waals surface area contributed by atoms with E-state index in [2.05, 4.69) is 15.4 Å². The maximum Gasteiger partial charge on any atom is 0.188 e. The summed E-state index contributed by atoms with van der Waals surface area (Å²) in [6.07, 6.45) is 3.69. The molecule has 2 aromatic heterocycles. The lowest BCUT2D eigenvalue weighted by molar-refractivity contribution is 0.660. The van der Waals surface area contributed by atoms with Gasteiger partial charge in [-0.2, -0.15) is 5.10 Å². The fraction of sp³-hybridized carbons (Fsp3) is 0.250. The van der Waals surface area contributed by atoms with Gasteiger partial charge in [0, 0.05) is 18.1 Å². The van der Waals surface area contributed by atoms with E-state index in [4.69, 9.17) is 11.6 Å². The Morgan fingerprint density at radius 2 is 2.50 bits per heavy atom. The summed E-state index contributed by atoms with van der Waals surface area (Å²) in [5.41, 5.74) is 0.929. The zero-order valence-electron chi connectivity index (χ0n) is 7.57. The molecule has 2 rings (SSSR count). The molecule has 0 aliphatic carbocycles. The summed E-state index contributed by atoms with van der Waals surface area (Å²) < 4.78 is 1.84. The molecule has 0 aliphatic rings. The van der Waals surface area contributed by atoms with Gasteiger partial charge in [0.25, 0.3) is 0 Å². The molecule has 74 valence electrons. The highest BCUT2D eigenvalue weighted by Gasteiger charge is 2.01. The molecule has 0 aromatic carbocycles. The maximum absolute atomic E-state index is 5.70. The molecule has 0 saturated heterocycles. The molecule has 2 aromatic rings. The molecule has 14 heavy (non-hydrogen) atoms. The van der Waals surface area contributed by atoms with E-state index < -0.39 is 0 Å². The zero-order chi connectivity index (χ0) is 9.97. The number of aryl methyl sites for hydroxylation is 1. The minimum absolute atomic E-state index is 0.514.